The maximum Gasteiger partial charge on any atom is 0.315 e. The zero-order valence-electron chi connectivity index (χ0n) is 12.6. The van der Waals surface area contributed by atoms with Crippen LogP contribution in [0.2, 0.25) is 5.02 Å². The molecule has 0 aliphatic rings. The number of imidazole rings is 1. The minimum absolute atomic E-state index is 0.188. The van der Waals surface area contributed by atoms with Gasteiger partial charge in [-0.2, -0.15) is 0 Å². The minimum atomic E-state index is -0.188. The first kappa shape index (κ1) is 16.6. The molecule has 7 heteroatoms. The topological polar surface area (TPSA) is 67.7 Å². The Bertz CT molecular complexity index is 615. The summed E-state index contributed by atoms with van der Waals surface area (Å²) >= 11 is 5.92. The smallest absolute Gasteiger partial charge is 0.315 e. The molecule has 0 bridgehead atoms. The van der Waals surface area contributed by atoms with Crippen LogP contribution in [0.1, 0.15) is 25.5 Å². The number of hydrogen-bond donors (Lipinski definition) is 2. The summed E-state index contributed by atoms with van der Waals surface area (Å²) < 4.78 is 7.07. The highest BCUT2D eigenvalue weighted by atomic mass is 35.5. The number of carbonyl (C=O) groups excluding carboxylic acids is 1. The zero-order chi connectivity index (χ0) is 15.8. The first-order valence-electron chi connectivity index (χ1n) is 7.41. The van der Waals surface area contributed by atoms with Gasteiger partial charge >= 0.3 is 6.03 Å². The molecule has 0 aromatic carbocycles. The third kappa shape index (κ3) is 5.20. The van der Waals surface area contributed by atoms with Crippen molar-refractivity contribution in [2.45, 2.75) is 26.3 Å². The second-order valence-electron chi connectivity index (χ2n) is 4.86. The Morgan fingerprint density at radius 2 is 2.18 bits per heavy atom. The van der Waals surface area contributed by atoms with Gasteiger partial charge < -0.3 is 19.8 Å². The number of ether oxygens (including phenoxy) is 1. The van der Waals surface area contributed by atoms with Crippen LogP contribution in [0.5, 0.6) is 0 Å². The van der Waals surface area contributed by atoms with Gasteiger partial charge in [-0.3, -0.25) is 0 Å². The van der Waals surface area contributed by atoms with Gasteiger partial charge in [0.05, 0.1) is 17.3 Å². The van der Waals surface area contributed by atoms with Gasteiger partial charge in [-0.05, 0) is 31.9 Å². The number of carbonyl (C=O) groups is 1. The molecule has 0 radical (unpaired) electrons. The number of nitrogens with zero attached hydrogens (tertiary/aromatic N) is 2. The Kier molecular flexibility index (Phi) is 6.48. The number of urea groups is 1. The lowest BCUT2D eigenvalue weighted by Gasteiger charge is -2.06. The SMILES string of the molecule is CCOCCCCNC(=O)NCc1cn2cc(Cl)ccc2n1. The van der Waals surface area contributed by atoms with Crippen molar-refractivity contribution in [1.82, 2.24) is 20.0 Å². The molecule has 0 aliphatic heterocycles. The Morgan fingerprint density at radius 1 is 1.32 bits per heavy atom. The van der Waals surface area contributed by atoms with Gasteiger partial charge in [0.25, 0.3) is 0 Å². The number of hydrogen-bond acceptors (Lipinski definition) is 3. The summed E-state index contributed by atoms with van der Waals surface area (Å²) in [5.41, 5.74) is 1.59. The Hall–Kier alpha value is -1.79. The molecule has 2 N–H and O–H groups in total. The van der Waals surface area contributed by atoms with Crippen LogP contribution in [0, 0.1) is 0 Å². The molecular formula is C15H21ClN4O2. The second-order valence-corrected chi connectivity index (χ2v) is 5.29. The molecule has 0 aliphatic carbocycles. The number of unbranched alkanes of at least 4 members (excludes halogenated alkanes) is 1. The molecule has 0 spiro atoms. The van der Waals surface area contributed by atoms with Crippen LogP contribution in [0.3, 0.4) is 0 Å². The molecular weight excluding hydrogens is 304 g/mol. The fourth-order valence-electron chi connectivity index (χ4n) is 2.01. The van der Waals surface area contributed by atoms with Gasteiger partial charge in [0.15, 0.2) is 0 Å². The lowest BCUT2D eigenvalue weighted by molar-refractivity contribution is 0.143. The highest BCUT2D eigenvalue weighted by Gasteiger charge is 2.04. The molecule has 2 aromatic rings. The molecule has 2 heterocycles. The van der Waals surface area contributed by atoms with Crippen molar-refractivity contribution in [2.75, 3.05) is 19.8 Å². The van der Waals surface area contributed by atoms with E-state index in [9.17, 15) is 4.79 Å². The van der Waals surface area contributed by atoms with E-state index in [1.165, 1.54) is 0 Å². The van der Waals surface area contributed by atoms with Crippen molar-refractivity contribution in [1.29, 1.82) is 0 Å². The third-order valence-electron chi connectivity index (χ3n) is 3.10. The molecule has 120 valence electrons. The summed E-state index contributed by atoms with van der Waals surface area (Å²) in [6.45, 7) is 4.46. The van der Waals surface area contributed by atoms with Gasteiger partial charge in [-0.1, -0.05) is 11.6 Å². The van der Waals surface area contributed by atoms with Gasteiger partial charge in [-0.15, -0.1) is 0 Å². The molecule has 0 fully saturated rings. The molecule has 22 heavy (non-hydrogen) atoms. The van der Waals surface area contributed by atoms with Crippen LogP contribution in [-0.2, 0) is 11.3 Å². The van der Waals surface area contributed by atoms with Crippen molar-refractivity contribution in [3.05, 3.63) is 35.2 Å². The summed E-state index contributed by atoms with van der Waals surface area (Å²) in [6, 6.07) is 3.44. The van der Waals surface area contributed by atoms with Gasteiger partial charge in [0, 0.05) is 32.2 Å². The number of amides is 2. The lowest BCUT2D eigenvalue weighted by atomic mass is 10.3. The van der Waals surface area contributed by atoms with Crippen LogP contribution in [0.25, 0.3) is 5.65 Å². The summed E-state index contributed by atoms with van der Waals surface area (Å²) in [6.07, 6.45) is 5.48. The maximum absolute atomic E-state index is 11.7. The Morgan fingerprint density at radius 3 is 3.00 bits per heavy atom. The molecule has 0 unspecified atom stereocenters. The first-order valence-corrected chi connectivity index (χ1v) is 7.79. The average Bonchev–Trinajstić information content (AvgIpc) is 2.90. The van der Waals surface area contributed by atoms with E-state index in [-0.39, 0.29) is 6.03 Å². The van der Waals surface area contributed by atoms with Crippen LogP contribution in [0.4, 0.5) is 4.79 Å². The Labute approximate surface area is 134 Å². The van der Waals surface area contributed by atoms with E-state index in [2.05, 4.69) is 15.6 Å². The average molecular weight is 325 g/mol. The second kappa shape index (κ2) is 8.60. The minimum Gasteiger partial charge on any atom is -0.382 e. The van der Waals surface area contributed by atoms with E-state index in [1.54, 1.807) is 12.3 Å². The highest BCUT2D eigenvalue weighted by Crippen LogP contribution is 2.11. The molecule has 0 saturated heterocycles. The highest BCUT2D eigenvalue weighted by molar-refractivity contribution is 6.30. The first-order chi connectivity index (χ1) is 10.7. The van der Waals surface area contributed by atoms with Crippen LogP contribution < -0.4 is 10.6 Å². The molecule has 0 saturated carbocycles. The van der Waals surface area contributed by atoms with Crippen molar-refractivity contribution >= 4 is 23.3 Å². The van der Waals surface area contributed by atoms with Crippen molar-refractivity contribution in [3.63, 3.8) is 0 Å². The van der Waals surface area contributed by atoms with Gasteiger partial charge in [0.2, 0.25) is 0 Å². The number of nitrogens with one attached hydrogen (secondary N) is 2. The number of aromatic nitrogens is 2. The molecule has 2 amide bonds. The maximum atomic E-state index is 11.7. The summed E-state index contributed by atoms with van der Waals surface area (Å²) in [5.74, 6) is 0. The van der Waals surface area contributed by atoms with Crippen LogP contribution >= 0.6 is 11.6 Å². The largest absolute Gasteiger partial charge is 0.382 e. The van der Waals surface area contributed by atoms with Gasteiger partial charge in [0.1, 0.15) is 5.65 Å². The van der Waals surface area contributed by atoms with Gasteiger partial charge in [-0.25, -0.2) is 9.78 Å². The normalized spacial score (nSPS) is 10.8. The van der Waals surface area contributed by atoms with E-state index in [1.807, 2.05) is 23.6 Å². The van der Waals surface area contributed by atoms with E-state index >= 15 is 0 Å². The number of rotatable bonds is 8. The van der Waals surface area contributed by atoms with Crippen LogP contribution in [0.15, 0.2) is 24.5 Å². The molecule has 6 nitrogen and oxygen atoms in total. The third-order valence-corrected chi connectivity index (χ3v) is 3.32. The van der Waals surface area contributed by atoms with Crippen molar-refractivity contribution in [3.8, 4) is 0 Å². The summed E-state index contributed by atoms with van der Waals surface area (Å²) in [5, 5.41) is 6.25. The quantitative estimate of drug-likeness (QED) is 0.733. The van der Waals surface area contributed by atoms with E-state index in [4.69, 9.17) is 16.3 Å². The Balaban J connectivity index is 1.69. The zero-order valence-corrected chi connectivity index (χ0v) is 13.4. The number of fused-ring (bicyclic) bond motifs is 1. The summed E-state index contributed by atoms with van der Waals surface area (Å²) in [4.78, 5) is 16.1. The van der Waals surface area contributed by atoms with Crippen LogP contribution in [-0.4, -0.2) is 35.2 Å². The molecule has 0 atom stereocenters. The van der Waals surface area contributed by atoms with Crippen molar-refractivity contribution < 1.29 is 9.53 Å². The molecule has 2 rings (SSSR count). The summed E-state index contributed by atoms with van der Waals surface area (Å²) in [7, 11) is 0. The van der Waals surface area contributed by atoms with E-state index in [0.29, 0.717) is 18.1 Å². The fraction of sp³-hybridized carbons (Fsp3) is 0.467. The predicted octanol–water partition coefficient (Wildman–Crippen LogP) is 2.60. The van der Waals surface area contributed by atoms with E-state index in [0.717, 1.165) is 37.4 Å². The van der Waals surface area contributed by atoms with Crippen molar-refractivity contribution in [2.24, 2.45) is 0 Å². The lowest BCUT2D eigenvalue weighted by Crippen LogP contribution is -2.35. The standard InChI is InChI=1S/C15H21ClN4O2/c1-2-22-8-4-3-7-17-15(21)18-9-13-11-20-10-12(16)5-6-14(20)19-13/h5-6,10-11H,2-4,7-9H2,1H3,(H2,17,18,21). The van der Waals surface area contributed by atoms with E-state index < -0.39 is 0 Å². The molecule has 2 aromatic heterocycles. The number of pyridine rings is 1. The fourth-order valence-corrected chi connectivity index (χ4v) is 2.18. The number of halogens is 1. The predicted molar refractivity (Wildman–Crippen MR) is 86.2 cm³/mol. The monoisotopic (exact) mass is 324 g/mol.